The first kappa shape index (κ1) is 14.0. The van der Waals surface area contributed by atoms with Crippen molar-refractivity contribution in [3.8, 4) is 11.5 Å². The van der Waals surface area contributed by atoms with Crippen LogP contribution >= 0.6 is 0 Å². The van der Waals surface area contributed by atoms with E-state index in [1.807, 2.05) is 24.3 Å². The highest BCUT2D eigenvalue weighted by molar-refractivity contribution is 5.65. The second-order valence-corrected chi connectivity index (χ2v) is 4.19. The number of pyridine rings is 1. The molecule has 5 heteroatoms. The number of aromatic nitrogens is 1. The third-order valence-electron chi connectivity index (χ3n) is 2.79. The molecule has 106 valence electrons. The molecule has 0 amide bonds. The van der Waals surface area contributed by atoms with Gasteiger partial charge < -0.3 is 20.1 Å². The Bertz CT molecular complexity index is 573. The van der Waals surface area contributed by atoms with Gasteiger partial charge in [-0.3, -0.25) is 4.98 Å². The third-order valence-corrected chi connectivity index (χ3v) is 2.79. The fourth-order valence-electron chi connectivity index (χ4n) is 1.89. The highest BCUT2D eigenvalue weighted by atomic mass is 16.5. The number of nitrogens with one attached hydrogen (secondary N) is 2. The van der Waals surface area contributed by atoms with E-state index in [1.54, 1.807) is 26.6 Å². The molecule has 0 fully saturated rings. The van der Waals surface area contributed by atoms with E-state index in [0.29, 0.717) is 11.5 Å². The average Bonchev–Trinajstić information content (AvgIpc) is 2.48. The van der Waals surface area contributed by atoms with Crippen molar-refractivity contribution in [3.05, 3.63) is 36.7 Å². The van der Waals surface area contributed by atoms with Crippen LogP contribution < -0.4 is 20.1 Å². The molecule has 2 rings (SSSR count). The Morgan fingerprint density at radius 3 is 2.40 bits per heavy atom. The normalized spacial score (nSPS) is 9.95. The quantitative estimate of drug-likeness (QED) is 0.846. The molecule has 5 nitrogen and oxygen atoms in total. The summed E-state index contributed by atoms with van der Waals surface area (Å²) < 4.78 is 10.5. The molecule has 1 aromatic carbocycles. The zero-order chi connectivity index (χ0) is 14.4. The molecule has 0 aliphatic carbocycles. The lowest BCUT2D eigenvalue weighted by molar-refractivity contribution is 0.355. The molecule has 0 saturated heterocycles. The highest BCUT2D eigenvalue weighted by Gasteiger charge is 2.05. The molecule has 0 atom stereocenters. The van der Waals surface area contributed by atoms with Crippen molar-refractivity contribution in [2.24, 2.45) is 0 Å². The van der Waals surface area contributed by atoms with Crippen LogP contribution in [0.25, 0.3) is 0 Å². The van der Waals surface area contributed by atoms with Crippen molar-refractivity contribution >= 4 is 17.1 Å². The van der Waals surface area contributed by atoms with Gasteiger partial charge in [-0.1, -0.05) is 0 Å². The van der Waals surface area contributed by atoms with Crippen LogP contribution in [-0.2, 0) is 0 Å². The lowest BCUT2D eigenvalue weighted by atomic mass is 10.2. The van der Waals surface area contributed by atoms with Crippen molar-refractivity contribution < 1.29 is 9.47 Å². The summed E-state index contributed by atoms with van der Waals surface area (Å²) >= 11 is 0. The first-order chi connectivity index (χ1) is 9.76. The molecule has 0 spiro atoms. The molecule has 0 aliphatic heterocycles. The fraction of sp³-hybridized carbons (Fsp3) is 0.267. The number of rotatable bonds is 6. The van der Waals surface area contributed by atoms with Crippen molar-refractivity contribution in [2.75, 3.05) is 31.4 Å². The van der Waals surface area contributed by atoms with Crippen LogP contribution in [0, 0.1) is 0 Å². The number of benzene rings is 1. The number of hydrogen-bond acceptors (Lipinski definition) is 5. The van der Waals surface area contributed by atoms with E-state index in [4.69, 9.17) is 9.47 Å². The van der Waals surface area contributed by atoms with E-state index >= 15 is 0 Å². The Morgan fingerprint density at radius 2 is 1.70 bits per heavy atom. The van der Waals surface area contributed by atoms with Crippen molar-refractivity contribution in [1.82, 2.24) is 4.98 Å². The summed E-state index contributed by atoms with van der Waals surface area (Å²) in [6, 6.07) is 7.69. The molecule has 1 heterocycles. The van der Waals surface area contributed by atoms with Gasteiger partial charge in [-0.2, -0.15) is 0 Å². The van der Waals surface area contributed by atoms with Gasteiger partial charge in [0.15, 0.2) is 11.5 Å². The average molecular weight is 273 g/mol. The Morgan fingerprint density at radius 1 is 0.950 bits per heavy atom. The Balaban J connectivity index is 2.19. The van der Waals surface area contributed by atoms with Gasteiger partial charge in [0.05, 0.1) is 38.0 Å². The second-order valence-electron chi connectivity index (χ2n) is 4.19. The molecule has 0 unspecified atom stereocenters. The zero-order valence-corrected chi connectivity index (χ0v) is 11.9. The summed E-state index contributed by atoms with van der Waals surface area (Å²) in [5, 5.41) is 6.52. The van der Waals surface area contributed by atoms with E-state index in [0.717, 1.165) is 23.6 Å². The first-order valence-electron chi connectivity index (χ1n) is 6.44. The van der Waals surface area contributed by atoms with E-state index in [2.05, 4.69) is 22.5 Å². The summed E-state index contributed by atoms with van der Waals surface area (Å²) in [6.07, 6.45) is 3.57. The van der Waals surface area contributed by atoms with Gasteiger partial charge in [0.1, 0.15) is 0 Å². The SMILES string of the molecule is CCNc1cncc(Nc2ccc(OC)c(OC)c2)c1. The maximum Gasteiger partial charge on any atom is 0.162 e. The van der Waals surface area contributed by atoms with Crippen LogP contribution in [0.5, 0.6) is 11.5 Å². The second kappa shape index (κ2) is 6.65. The number of nitrogens with zero attached hydrogens (tertiary/aromatic N) is 1. The van der Waals surface area contributed by atoms with Gasteiger partial charge in [-0.05, 0) is 25.1 Å². The van der Waals surface area contributed by atoms with Gasteiger partial charge in [-0.25, -0.2) is 0 Å². The number of methoxy groups -OCH3 is 2. The van der Waals surface area contributed by atoms with Crippen molar-refractivity contribution in [2.45, 2.75) is 6.92 Å². The minimum atomic E-state index is 0.688. The van der Waals surface area contributed by atoms with Crippen LogP contribution in [0.2, 0.25) is 0 Å². The lowest BCUT2D eigenvalue weighted by Gasteiger charge is -2.12. The minimum absolute atomic E-state index is 0.688. The predicted octanol–water partition coefficient (Wildman–Crippen LogP) is 3.27. The molecule has 0 bridgehead atoms. The fourth-order valence-corrected chi connectivity index (χ4v) is 1.89. The number of anilines is 3. The van der Waals surface area contributed by atoms with Crippen molar-refractivity contribution in [3.63, 3.8) is 0 Å². The molecule has 0 saturated carbocycles. The Kier molecular flexibility index (Phi) is 4.65. The van der Waals surface area contributed by atoms with Crippen LogP contribution in [0.15, 0.2) is 36.7 Å². The van der Waals surface area contributed by atoms with E-state index in [1.165, 1.54) is 0 Å². The first-order valence-corrected chi connectivity index (χ1v) is 6.44. The highest BCUT2D eigenvalue weighted by Crippen LogP contribution is 2.31. The summed E-state index contributed by atoms with van der Waals surface area (Å²) in [5.41, 5.74) is 2.81. The number of ether oxygens (including phenoxy) is 2. The topological polar surface area (TPSA) is 55.4 Å². The van der Waals surface area contributed by atoms with Gasteiger partial charge in [0.25, 0.3) is 0 Å². The maximum atomic E-state index is 5.28. The molecule has 1 aromatic heterocycles. The Labute approximate surface area is 118 Å². The van der Waals surface area contributed by atoms with E-state index in [9.17, 15) is 0 Å². The largest absolute Gasteiger partial charge is 0.493 e. The van der Waals surface area contributed by atoms with Crippen LogP contribution in [-0.4, -0.2) is 25.7 Å². The third kappa shape index (κ3) is 3.32. The van der Waals surface area contributed by atoms with Gasteiger partial charge >= 0.3 is 0 Å². The molecule has 20 heavy (non-hydrogen) atoms. The summed E-state index contributed by atoms with van der Waals surface area (Å²) in [4.78, 5) is 4.19. The van der Waals surface area contributed by atoms with Gasteiger partial charge in [0, 0.05) is 18.3 Å². The van der Waals surface area contributed by atoms with Crippen LogP contribution in [0.1, 0.15) is 6.92 Å². The molecule has 0 radical (unpaired) electrons. The molecule has 2 N–H and O–H groups in total. The molecule has 2 aromatic rings. The van der Waals surface area contributed by atoms with Crippen molar-refractivity contribution in [1.29, 1.82) is 0 Å². The Hall–Kier alpha value is -2.43. The smallest absolute Gasteiger partial charge is 0.162 e. The molecular weight excluding hydrogens is 254 g/mol. The number of hydrogen-bond donors (Lipinski definition) is 2. The molecule has 0 aliphatic rings. The van der Waals surface area contributed by atoms with E-state index < -0.39 is 0 Å². The maximum absolute atomic E-state index is 5.28. The predicted molar refractivity (Wildman–Crippen MR) is 81.2 cm³/mol. The zero-order valence-electron chi connectivity index (χ0n) is 11.9. The summed E-state index contributed by atoms with van der Waals surface area (Å²) in [7, 11) is 3.24. The monoisotopic (exact) mass is 273 g/mol. The standard InChI is InChI=1S/C15H19N3O2/c1-4-17-12-7-13(10-16-9-12)18-11-5-6-14(19-2)15(8-11)20-3/h5-10,17-18H,4H2,1-3H3. The summed E-state index contributed by atoms with van der Waals surface area (Å²) in [6.45, 7) is 2.91. The summed E-state index contributed by atoms with van der Waals surface area (Å²) in [5.74, 6) is 1.39. The van der Waals surface area contributed by atoms with Gasteiger partial charge in [-0.15, -0.1) is 0 Å². The van der Waals surface area contributed by atoms with E-state index in [-0.39, 0.29) is 0 Å². The van der Waals surface area contributed by atoms with Crippen LogP contribution in [0.4, 0.5) is 17.1 Å². The van der Waals surface area contributed by atoms with Gasteiger partial charge in [0.2, 0.25) is 0 Å². The van der Waals surface area contributed by atoms with Crippen LogP contribution in [0.3, 0.4) is 0 Å². The minimum Gasteiger partial charge on any atom is -0.493 e. The lowest BCUT2D eigenvalue weighted by Crippen LogP contribution is -1.99. The molecular formula is C15H19N3O2.